The van der Waals surface area contributed by atoms with Crippen LogP contribution < -0.4 is 4.74 Å². The van der Waals surface area contributed by atoms with Crippen molar-refractivity contribution in [2.24, 2.45) is 0 Å². The molecule has 0 saturated carbocycles. The van der Waals surface area contributed by atoms with Gasteiger partial charge in [0, 0.05) is 42.7 Å². The summed E-state index contributed by atoms with van der Waals surface area (Å²) in [5, 5.41) is 0.685. The van der Waals surface area contributed by atoms with Gasteiger partial charge in [0.05, 0.1) is 0 Å². The van der Waals surface area contributed by atoms with E-state index in [1.54, 1.807) is 35.4 Å². The Morgan fingerprint density at radius 2 is 1.96 bits per heavy atom. The number of benzene rings is 1. The predicted molar refractivity (Wildman–Crippen MR) is 93.2 cm³/mol. The third kappa shape index (κ3) is 3.87. The molecule has 1 fully saturated rings. The first kappa shape index (κ1) is 16.4. The molecule has 1 aliphatic rings. The number of hydrogen-bond donors (Lipinski definition) is 0. The first-order valence-electron chi connectivity index (χ1n) is 7.80. The number of aromatic nitrogens is 1. The normalized spacial score (nSPS) is 14.9. The third-order valence-corrected chi connectivity index (χ3v) is 4.24. The van der Waals surface area contributed by atoms with Gasteiger partial charge >= 0.3 is 0 Å². The average Bonchev–Trinajstić information content (AvgIpc) is 2.64. The predicted octanol–water partition coefficient (Wildman–Crippen LogP) is 3.40. The van der Waals surface area contributed by atoms with Crippen LogP contribution in [0.5, 0.6) is 5.75 Å². The maximum absolute atomic E-state index is 12.5. The second kappa shape index (κ2) is 7.37. The highest BCUT2D eigenvalue weighted by molar-refractivity contribution is 6.30. The van der Waals surface area contributed by atoms with Gasteiger partial charge in [0.1, 0.15) is 17.5 Å². The van der Waals surface area contributed by atoms with E-state index in [9.17, 15) is 4.79 Å². The lowest BCUT2D eigenvalue weighted by Crippen LogP contribution is -2.42. The Labute approximate surface area is 146 Å². The minimum Gasteiger partial charge on any atom is -0.490 e. The number of hydrogen-bond acceptors (Lipinski definition) is 3. The Balaban J connectivity index is 1.57. The first-order chi connectivity index (χ1) is 11.7. The molecule has 0 spiro atoms. The molecule has 4 nitrogen and oxygen atoms in total. The van der Waals surface area contributed by atoms with Gasteiger partial charge in [-0.25, -0.2) is 0 Å². The number of halogens is 1. The lowest BCUT2D eigenvalue weighted by molar-refractivity contribution is 0.0590. The van der Waals surface area contributed by atoms with Crippen molar-refractivity contribution in [2.45, 2.75) is 18.9 Å². The lowest BCUT2D eigenvalue weighted by Gasteiger charge is -2.32. The molecule has 0 radical (unpaired) electrons. The Hall–Kier alpha value is -2.51. The van der Waals surface area contributed by atoms with Crippen LogP contribution in [0, 0.1) is 12.3 Å². The van der Waals surface area contributed by atoms with Crippen molar-refractivity contribution >= 4 is 17.5 Å². The number of carbonyl (C=O) groups excluding carboxylic acids is 1. The molecule has 0 atom stereocenters. The van der Waals surface area contributed by atoms with E-state index in [1.807, 2.05) is 12.1 Å². The van der Waals surface area contributed by atoms with Crippen LogP contribution in [-0.4, -0.2) is 35.0 Å². The van der Waals surface area contributed by atoms with Gasteiger partial charge in [-0.15, -0.1) is 6.42 Å². The molecule has 1 aromatic heterocycles. The van der Waals surface area contributed by atoms with Gasteiger partial charge in [-0.1, -0.05) is 17.5 Å². The van der Waals surface area contributed by atoms with Crippen LogP contribution in [0.2, 0.25) is 5.02 Å². The molecule has 1 amide bonds. The summed E-state index contributed by atoms with van der Waals surface area (Å²) >= 11 is 5.87. The molecular weight excluding hydrogens is 324 g/mol. The highest BCUT2D eigenvalue weighted by Gasteiger charge is 2.25. The van der Waals surface area contributed by atoms with Gasteiger partial charge in [-0.2, -0.15) is 0 Å². The third-order valence-electron chi connectivity index (χ3n) is 3.99. The summed E-state index contributed by atoms with van der Waals surface area (Å²) in [4.78, 5) is 18.4. The average molecular weight is 341 g/mol. The van der Waals surface area contributed by atoms with Crippen LogP contribution in [0.4, 0.5) is 0 Å². The number of terminal acetylenes is 1. The smallest absolute Gasteiger partial charge is 0.272 e. The molecule has 1 saturated heterocycles. The summed E-state index contributed by atoms with van der Waals surface area (Å²) < 4.78 is 5.94. The largest absolute Gasteiger partial charge is 0.490 e. The summed E-state index contributed by atoms with van der Waals surface area (Å²) in [7, 11) is 0. The molecule has 2 heterocycles. The Morgan fingerprint density at radius 3 is 2.62 bits per heavy atom. The minimum atomic E-state index is -0.0861. The maximum atomic E-state index is 12.5. The van der Waals surface area contributed by atoms with Gasteiger partial charge in [0.15, 0.2) is 0 Å². The van der Waals surface area contributed by atoms with Crippen molar-refractivity contribution in [1.29, 1.82) is 0 Å². The van der Waals surface area contributed by atoms with Gasteiger partial charge < -0.3 is 9.64 Å². The highest BCUT2D eigenvalue weighted by atomic mass is 35.5. The number of carbonyl (C=O) groups is 1. The molecule has 0 N–H and O–H groups in total. The number of ether oxygens (including phenoxy) is 1. The zero-order valence-corrected chi connectivity index (χ0v) is 13.9. The quantitative estimate of drug-likeness (QED) is 0.804. The summed E-state index contributed by atoms with van der Waals surface area (Å²) in [6.45, 7) is 1.28. The number of amides is 1. The fourth-order valence-corrected chi connectivity index (χ4v) is 2.81. The van der Waals surface area contributed by atoms with Crippen molar-refractivity contribution in [3.63, 3.8) is 0 Å². The number of nitrogens with zero attached hydrogens (tertiary/aromatic N) is 2. The summed E-state index contributed by atoms with van der Waals surface area (Å²) in [6.07, 6.45) is 8.60. The summed E-state index contributed by atoms with van der Waals surface area (Å²) in [5.41, 5.74) is 1.05. The Morgan fingerprint density at radius 1 is 1.25 bits per heavy atom. The van der Waals surface area contributed by atoms with Crippen molar-refractivity contribution < 1.29 is 9.53 Å². The number of piperidine rings is 1. The van der Waals surface area contributed by atoms with Gasteiger partial charge in [0.2, 0.25) is 0 Å². The van der Waals surface area contributed by atoms with Crippen molar-refractivity contribution in [3.8, 4) is 18.1 Å². The fourth-order valence-electron chi connectivity index (χ4n) is 2.68. The topological polar surface area (TPSA) is 42.4 Å². The van der Waals surface area contributed by atoms with Crippen molar-refractivity contribution in [1.82, 2.24) is 9.88 Å². The molecule has 5 heteroatoms. The molecular formula is C19H17ClN2O2. The van der Waals surface area contributed by atoms with E-state index < -0.39 is 0 Å². The van der Waals surface area contributed by atoms with Crippen molar-refractivity contribution in [3.05, 3.63) is 58.9 Å². The first-order valence-corrected chi connectivity index (χ1v) is 8.17. The van der Waals surface area contributed by atoms with Crippen LogP contribution in [0.25, 0.3) is 0 Å². The van der Waals surface area contributed by atoms with E-state index in [-0.39, 0.29) is 12.0 Å². The van der Waals surface area contributed by atoms with Crippen LogP contribution in [0.3, 0.4) is 0 Å². The maximum Gasteiger partial charge on any atom is 0.272 e. The molecule has 2 aromatic rings. The molecule has 3 rings (SSSR count). The molecule has 0 aliphatic carbocycles. The Kier molecular flexibility index (Phi) is 5.02. The van der Waals surface area contributed by atoms with Crippen molar-refractivity contribution in [2.75, 3.05) is 13.1 Å². The zero-order valence-electron chi connectivity index (χ0n) is 13.1. The molecule has 0 unspecified atom stereocenters. The molecule has 0 bridgehead atoms. The number of rotatable bonds is 3. The van der Waals surface area contributed by atoms with Crippen LogP contribution in [0.1, 0.15) is 28.9 Å². The molecule has 122 valence electrons. The van der Waals surface area contributed by atoms with Gasteiger partial charge in [-0.3, -0.25) is 9.78 Å². The standard InChI is InChI=1S/C19H17ClN2O2/c1-2-14-7-10-21-18(13-14)19(23)22-11-8-17(9-12-22)24-16-5-3-15(20)4-6-16/h1,3-7,10,13,17H,8-9,11-12H2. The molecule has 1 aliphatic heterocycles. The zero-order chi connectivity index (χ0) is 16.9. The highest BCUT2D eigenvalue weighted by Crippen LogP contribution is 2.21. The second-order valence-electron chi connectivity index (χ2n) is 5.64. The van der Waals surface area contributed by atoms with E-state index in [0.29, 0.717) is 29.4 Å². The SMILES string of the molecule is C#Cc1ccnc(C(=O)N2CCC(Oc3ccc(Cl)cc3)CC2)c1. The molecule has 24 heavy (non-hydrogen) atoms. The summed E-state index contributed by atoms with van der Waals surface area (Å²) in [6, 6.07) is 10.7. The summed E-state index contributed by atoms with van der Waals surface area (Å²) in [5.74, 6) is 3.24. The van der Waals surface area contributed by atoms with E-state index in [1.165, 1.54) is 0 Å². The van der Waals surface area contributed by atoms with Crippen LogP contribution in [0.15, 0.2) is 42.6 Å². The Bertz CT molecular complexity index is 760. The minimum absolute atomic E-state index is 0.0861. The van der Waals surface area contributed by atoms with E-state index >= 15 is 0 Å². The van der Waals surface area contributed by atoms with Crippen LogP contribution >= 0.6 is 11.6 Å². The molecule has 1 aromatic carbocycles. The van der Waals surface area contributed by atoms with E-state index in [2.05, 4.69) is 10.9 Å². The van der Waals surface area contributed by atoms with Gasteiger partial charge in [-0.05, 0) is 36.4 Å². The van der Waals surface area contributed by atoms with E-state index in [0.717, 1.165) is 18.6 Å². The van der Waals surface area contributed by atoms with Gasteiger partial charge in [0.25, 0.3) is 5.91 Å². The fraction of sp³-hybridized carbons (Fsp3) is 0.263. The second-order valence-corrected chi connectivity index (χ2v) is 6.07. The number of likely N-dealkylation sites (tertiary alicyclic amines) is 1. The van der Waals surface area contributed by atoms with E-state index in [4.69, 9.17) is 22.8 Å². The number of pyridine rings is 1. The van der Waals surface area contributed by atoms with Crippen LogP contribution in [-0.2, 0) is 0 Å². The lowest BCUT2D eigenvalue weighted by atomic mass is 10.1. The monoisotopic (exact) mass is 340 g/mol.